The molecular formula is C23H14Cl2F3N3O. The van der Waals surface area contributed by atoms with E-state index in [-0.39, 0.29) is 16.6 Å². The smallest absolute Gasteiger partial charge is 0.322 e. The zero-order valence-electron chi connectivity index (χ0n) is 16.2. The van der Waals surface area contributed by atoms with Crippen LogP contribution in [-0.2, 0) is 6.18 Å². The van der Waals surface area contributed by atoms with Gasteiger partial charge in [0.05, 0.1) is 16.4 Å². The number of carbonyl (C=O) groups excluding carboxylic acids is 1. The van der Waals surface area contributed by atoms with Crippen LogP contribution in [0, 0.1) is 0 Å². The average molecular weight is 476 g/mol. The predicted molar refractivity (Wildman–Crippen MR) is 118 cm³/mol. The molecule has 4 rings (SSSR count). The van der Waals surface area contributed by atoms with Crippen molar-refractivity contribution in [3.8, 4) is 16.9 Å². The highest BCUT2D eigenvalue weighted by atomic mass is 35.5. The molecular weight excluding hydrogens is 462 g/mol. The number of hydrogen-bond donors (Lipinski definition) is 1. The molecule has 1 N–H and O–H groups in total. The van der Waals surface area contributed by atoms with Gasteiger partial charge in [-0.15, -0.1) is 0 Å². The Balaban J connectivity index is 1.67. The molecule has 32 heavy (non-hydrogen) atoms. The summed E-state index contributed by atoms with van der Waals surface area (Å²) in [6.45, 7) is 0. The van der Waals surface area contributed by atoms with E-state index in [0.29, 0.717) is 27.5 Å². The number of benzene rings is 3. The second-order valence-electron chi connectivity index (χ2n) is 6.81. The molecule has 1 aromatic heterocycles. The number of amides is 1. The van der Waals surface area contributed by atoms with Crippen molar-refractivity contribution in [2.75, 3.05) is 5.32 Å². The van der Waals surface area contributed by atoms with E-state index in [9.17, 15) is 18.0 Å². The van der Waals surface area contributed by atoms with E-state index in [1.807, 2.05) is 0 Å². The monoisotopic (exact) mass is 475 g/mol. The molecule has 0 bridgehead atoms. The number of aromatic nitrogens is 2. The summed E-state index contributed by atoms with van der Waals surface area (Å²) < 4.78 is 41.2. The van der Waals surface area contributed by atoms with E-state index < -0.39 is 11.9 Å². The average Bonchev–Trinajstić information content (AvgIpc) is 3.21. The first-order valence-electron chi connectivity index (χ1n) is 9.32. The molecule has 0 aliphatic carbocycles. The van der Waals surface area contributed by atoms with Crippen LogP contribution < -0.4 is 5.32 Å². The lowest BCUT2D eigenvalue weighted by Crippen LogP contribution is -2.11. The van der Waals surface area contributed by atoms with Crippen molar-refractivity contribution in [1.29, 1.82) is 0 Å². The van der Waals surface area contributed by atoms with Gasteiger partial charge >= 0.3 is 6.18 Å². The first-order chi connectivity index (χ1) is 15.2. The third-order valence-electron chi connectivity index (χ3n) is 4.63. The van der Waals surface area contributed by atoms with Gasteiger partial charge in [-0.3, -0.25) is 4.79 Å². The lowest BCUT2D eigenvalue weighted by Gasteiger charge is -2.10. The molecule has 3 aromatic carbocycles. The van der Waals surface area contributed by atoms with Gasteiger partial charge in [0.15, 0.2) is 5.69 Å². The van der Waals surface area contributed by atoms with Gasteiger partial charge in [0.25, 0.3) is 5.91 Å². The Morgan fingerprint density at radius 3 is 2.19 bits per heavy atom. The minimum Gasteiger partial charge on any atom is -0.322 e. The van der Waals surface area contributed by atoms with E-state index in [4.69, 9.17) is 23.2 Å². The van der Waals surface area contributed by atoms with Crippen LogP contribution in [0.4, 0.5) is 18.9 Å². The second-order valence-corrected chi connectivity index (χ2v) is 7.66. The van der Waals surface area contributed by atoms with Crippen molar-refractivity contribution in [3.05, 3.63) is 100 Å². The SMILES string of the molecule is O=C(Nc1ccc(Cl)cc1)c1ccc(-c2cc(C(F)(F)F)nn2-c2ccccc2Cl)cc1. The highest BCUT2D eigenvalue weighted by Gasteiger charge is 2.35. The molecule has 4 nitrogen and oxygen atoms in total. The normalized spacial score (nSPS) is 11.4. The molecule has 0 aliphatic heterocycles. The van der Waals surface area contributed by atoms with Crippen LogP contribution in [-0.4, -0.2) is 15.7 Å². The van der Waals surface area contributed by atoms with Gasteiger partial charge < -0.3 is 5.32 Å². The van der Waals surface area contributed by atoms with Gasteiger partial charge in [-0.25, -0.2) is 4.68 Å². The molecule has 162 valence electrons. The molecule has 1 heterocycles. The van der Waals surface area contributed by atoms with Gasteiger partial charge in [-0.2, -0.15) is 18.3 Å². The Kier molecular flexibility index (Phi) is 5.95. The number of alkyl halides is 3. The van der Waals surface area contributed by atoms with Gasteiger partial charge in [-0.05, 0) is 54.6 Å². The standard InChI is InChI=1S/C23H14Cl2F3N3O/c24-16-9-11-17(12-10-16)29-22(32)15-7-5-14(6-8-15)20-13-21(23(26,27)28)30-31(20)19-4-2-1-3-18(19)25/h1-13H,(H,29,32). The first-order valence-corrected chi connectivity index (χ1v) is 10.1. The summed E-state index contributed by atoms with van der Waals surface area (Å²) in [4.78, 5) is 12.5. The number of halogens is 5. The van der Waals surface area contributed by atoms with Crippen LogP contribution in [0.1, 0.15) is 16.1 Å². The molecule has 4 aromatic rings. The third-order valence-corrected chi connectivity index (χ3v) is 5.20. The summed E-state index contributed by atoms with van der Waals surface area (Å²) in [6, 6.07) is 20.2. The number of rotatable bonds is 4. The zero-order chi connectivity index (χ0) is 22.9. The van der Waals surface area contributed by atoms with Crippen molar-refractivity contribution in [1.82, 2.24) is 9.78 Å². The van der Waals surface area contributed by atoms with Crippen LogP contribution in [0.3, 0.4) is 0 Å². The van der Waals surface area contributed by atoms with Crippen molar-refractivity contribution >= 4 is 34.8 Å². The molecule has 0 atom stereocenters. The van der Waals surface area contributed by atoms with Crippen LogP contribution in [0.15, 0.2) is 78.9 Å². The van der Waals surface area contributed by atoms with Crippen LogP contribution in [0.25, 0.3) is 16.9 Å². The summed E-state index contributed by atoms with van der Waals surface area (Å²) in [7, 11) is 0. The van der Waals surface area contributed by atoms with Gasteiger partial charge in [0.2, 0.25) is 0 Å². The highest BCUT2D eigenvalue weighted by molar-refractivity contribution is 6.32. The van der Waals surface area contributed by atoms with E-state index in [1.54, 1.807) is 60.7 Å². The van der Waals surface area contributed by atoms with Crippen molar-refractivity contribution in [2.45, 2.75) is 6.18 Å². The van der Waals surface area contributed by atoms with Gasteiger partial charge in [0, 0.05) is 21.8 Å². The molecule has 0 saturated carbocycles. The summed E-state index contributed by atoms with van der Waals surface area (Å²) in [5.74, 6) is -0.366. The lowest BCUT2D eigenvalue weighted by molar-refractivity contribution is -0.141. The van der Waals surface area contributed by atoms with Crippen molar-refractivity contribution in [3.63, 3.8) is 0 Å². The maximum absolute atomic E-state index is 13.3. The molecule has 1 amide bonds. The Hall–Kier alpha value is -3.29. The fourth-order valence-electron chi connectivity index (χ4n) is 3.06. The molecule has 0 fully saturated rings. The lowest BCUT2D eigenvalue weighted by atomic mass is 10.1. The summed E-state index contributed by atoms with van der Waals surface area (Å²) in [6.07, 6.45) is -4.63. The van der Waals surface area contributed by atoms with E-state index in [0.717, 1.165) is 10.7 Å². The fraction of sp³-hybridized carbons (Fsp3) is 0.0435. The number of hydrogen-bond acceptors (Lipinski definition) is 2. The number of nitrogens with zero attached hydrogens (tertiary/aromatic N) is 2. The Bertz CT molecular complexity index is 1270. The van der Waals surface area contributed by atoms with E-state index in [2.05, 4.69) is 10.4 Å². The molecule has 0 unspecified atom stereocenters. The summed E-state index contributed by atoms with van der Waals surface area (Å²) >= 11 is 12.0. The molecule has 0 radical (unpaired) electrons. The maximum atomic E-state index is 13.3. The van der Waals surface area contributed by atoms with Crippen LogP contribution >= 0.6 is 23.2 Å². The summed E-state index contributed by atoms with van der Waals surface area (Å²) in [5, 5.41) is 7.26. The Labute approximate surface area is 191 Å². The molecule has 0 saturated heterocycles. The predicted octanol–water partition coefficient (Wildman–Crippen LogP) is 7.12. The topological polar surface area (TPSA) is 46.9 Å². The number of nitrogens with one attached hydrogen (secondary N) is 1. The van der Waals surface area contributed by atoms with E-state index >= 15 is 0 Å². The third kappa shape index (κ3) is 4.64. The zero-order valence-corrected chi connectivity index (χ0v) is 17.7. The first kappa shape index (κ1) is 21.9. The second kappa shape index (κ2) is 8.68. The fourth-order valence-corrected chi connectivity index (χ4v) is 3.40. The highest BCUT2D eigenvalue weighted by Crippen LogP contribution is 2.34. The Morgan fingerprint density at radius 1 is 0.906 bits per heavy atom. The van der Waals surface area contributed by atoms with Crippen LogP contribution in [0.2, 0.25) is 10.0 Å². The van der Waals surface area contributed by atoms with Crippen molar-refractivity contribution in [2.24, 2.45) is 0 Å². The van der Waals surface area contributed by atoms with E-state index in [1.165, 1.54) is 12.1 Å². The maximum Gasteiger partial charge on any atom is 0.435 e. The molecule has 0 aliphatic rings. The minimum absolute atomic E-state index is 0.190. The summed E-state index contributed by atoms with van der Waals surface area (Å²) in [5.41, 5.74) is 0.797. The van der Waals surface area contributed by atoms with Gasteiger partial charge in [-0.1, -0.05) is 47.5 Å². The number of para-hydroxylation sites is 1. The van der Waals surface area contributed by atoms with Crippen molar-refractivity contribution < 1.29 is 18.0 Å². The van der Waals surface area contributed by atoms with Crippen LogP contribution in [0.5, 0.6) is 0 Å². The molecule has 9 heteroatoms. The van der Waals surface area contributed by atoms with Gasteiger partial charge in [0.1, 0.15) is 0 Å². The number of carbonyl (C=O) groups is 1. The minimum atomic E-state index is -4.63. The largest absolute Gasteiger partial charge is 0.435 e. The number of anilines is 1. The Morgan fingerprint density at radius 2 is 1.56 bits per heavy atom. The quantitative estimate of drug-likeness (QED) is 0.341. The molecule has 0 spiro atoms.